The summed E-state index contributed by atoms with van der Waals surface area (Å²) < 4.78 is 0. The average molecular weight is 585 g/mol. The number of rotatable bonds is 6. The number of hydrogen-bond acceptors (Lipinski definition) is 3. The molecule has 3 aliphatic carbocycles. The normalized spacial score (nSPS) is 27.6. The second-order valence-corrected chi connectivity index (χ2v) is 13.5. The Morgan fingerprint density at radius 2 is 1.90 bits per heavy atom. The van der Waals surface area contributed by atoms with Gasteiger partial charge in [0.25, 0.3) is 5.91 Å². The van der Waals surface area contributed by atoms with Gasteiger partial charge in [-0.1, -0.05) is 50.0 Å². The van der Waals surface area contributed by atoms with Gasteiger partial charge in [-0.3, -0.25) is 4.79 Å². The molecule has 5 atom stereocenters. The lowest BCUT2D eigenvalue weighted by Gasteiger charge is -2.61. The predicted octanol–water partition coefficient (Wildman–Crippen LogP) is 6.44. The molecule has 4 fully saturated rings. The van der Waals surface area contributed by atoms with Crippen molar-refractivity contribution in [2.45, 2.75) is 59.0 Å². The third-order valence-electron chi connectivity index (χ3n) is 9.74. The summed E-state index contributed by atoms with van der Waals surface area (Å²) in [7, 11) is 1.83. The topological polar surface area (TPSA) is 60.0 Å². The molecule has 6 nitrogen and oxygen atoms in total. The van der Waals surface area contributed by atoms with Crippen LogP contribution in [-0.2, 0) is 6.42 Å². The van der Waals surface area contributed by atoms with Crippen molar-refractivity contribution in [2.24, 2.45) is 28.2 Å². The molecule has 2 N–H and O–H groups in total. The zero-order chi connectivity index (χ0) is 28.6. The Hall–Kier alpha value is -2.28. The Morgan fingerprint density at radius 3 is 2.55 bits per heavy atom. The Labute approximate surface area is 249 Å². The summed E-state index contributed by atoms with van der Waals surface area (Å²) in [5, 5.41) is 8.42. The van der Waals surface area contributed by atoms with Crippen LogP contribution in [0.25, 0.3) is 0 Å². The molecule has 216 valence electrons. The Bertz CT molecular complexity index is 1250. The monoisotopic (exact) mass is 583 g/mol. The van der Waals surface area contributed by atoms with E-state index in [0.717, 1.165) is 48.7 Å². The highest BCUT2D eigenvalue weighted by molar-refractivity contribution is 6.35. The first kappa shape index (κ1) is 29.2. The van der Waals surface area contributed by atoms with Gasteiger partial charge in [0.2, 0.25) is 0 Å². The molecule has 40 heavy (non-hydrogen) atoms. The van der Waals surface area contributed by atoms with Crippen LogP contribution in [0.4, 0.5) is 5.69 Å². The summed E-state index contributed by atoms with van der Waals surface area (Å²) in [5.41, 5.74) is 3.03. The molecule has 0 spiro atoms. The number of carbonyl (C=O) groups excluding carboxylic acids is 1. The van der Waals surface area contributed by atoms with E-state index in [2.05, 4.69) is 43.2 Å². The number of carbonyl (C=O) groups is 1. The molecule has 0 radical (unpaired) electrons. The summed E-state index contributed by atoms with van der Waals surface area (Å²) in [6.07, 6.45) is 3.18. The molecule has 1 aliphatic heterocycles. The summed E-state index contributed by atoms with van der Waals surface area (Å²) in [5.74, 6) is 3.04. The lowest BCUT2D eigenvalue weighted by Crippen LogP contribution is -2.57. The van der Waals surface area contributed by atoms with Crippen molar-refractivity contribution < 1.29 is 4.79 Å². The van der Waals surface area contributed by atoms with Gasteiger partial charge < -0.3 is 20.4 Å². The van der Waals surface area contributed by atoms with Gasteiger partial charge in [0.05, 0.1) is 6.04 Å². The molecule has 0 unspecified atom stereocenters. The van der Waals surface area contributed by atoms with E-state index in [1.54, 1.807) is 11.0 Å². The van der Waals surface area contributed by atoms with Crippen molar-refractivity contribution in [2.75, 3.05) is 38.5 Å². The highest BCUT2D eigenvalue weighted by Gasteiger charge is 2.56. The third kappa shape index (κ3) is 6.14. The van der Waals surface area contributed by atoms with Gasteiger partial charge >= 0.3 is 0 Å². The maximum Gasteiger partial charge on any atom is 0.253 e. The van der Waals surface area contributed by atoms with E-state index in [9.17, 15) is 4.79 Å². The summed E-state index contributed by atoms with van der Waals surface area (Å²) >= 11 is 12.3. The number of piperazine rings is 1. The molecule has 6 rings (SSSR count). The fourth-order valence-electron chi connectivity index (χ4n) is 6.93. The molecule has 4 aliphatic rings. The smallest absolute Gasteiger partial charge is 0.253 e. The number of benzene rings is 2. The molecule has 0 aromatic heterocycles. The minimum Gasteiger partial charge on any atom is -0.341 e. The lowest BCUT2D eigenvalue weighted by atomic mass is 9.45. The van der Waals surface area contributed by atoms with Crippen molar-refractivity contribution in [3.8, 4) is 0 Å². The summed E-state index contributed by atoms with van der Waals surface area (Å²) in [4.78, 5) is 22.6. The molecule has 2 bridgehead atoms. The number of likely N-dealkylation sites (N-methyl/N-ethyl adjacent to an activating group) is 1. The van der Waals surface area contributed by atoms with E-state index in [4.69, 9.17) is 28.2 Å². The maximum absolute atomic E-state index is 13.1. The fourth-order valence-corrected chi connectivity index (χ4v) is 7.43. The van der Waals surface area contributed by atoms with Gasteiger partial charge in [-0.15, -0.1) is 0 Å². The van der Waals surface area contributed by atoms with Crippen LogP contribution in [0, 0.1) is 23.2 Å². The fraction of sp³-hybridized carbons (Fsp3) is 0.562. The van der Waals surface area contributed by atoms with Gasteiger partial charge in [-0.2, -0.15) is 0 Å². The van der Waals surface area contributed by atoms with E-state index in [0.29, 0.717) is 52.0 Å². The lowest BCUT2D eigenvalue weighted by molar-refractivity contribution is -0.108. The number of fused-ring (bicyclic) bond motifs is 2. The number of halogens is 2. The molecular weight excluding hydrogens is 541 g/mol. The first-order valence-electron chi connectivity index (χ1n) is 14.7. The van der Waals surface area contributed by atoms with Gasteiger partial charge in [0.1, 0.15) is 0 Å². The van der Waals surface area contributed by atoms with Gasteiger partial charge in [-0.25, -0.2) is 4.99 Å². The Kier molecular flexibility index (Phi) is 8.70. The van der Waals surface area contributed by atoms with Crippen LogP contribution in [0.3, 0.4) is 0 Å². The molecule has 1 heterocycles. The number of amides is 1. The predicted molar refractivity (Wildman–Crippen MR) is 167 cm³/mol. The number of guanidine groups is 1. The zero-order valence-electron chi connectivity index (χ0n) is 24.4. The van der Waals surface area contributed by atoms with E-state index >= 15 is 0 Å². The SMILES string of the molecule is C[C@@H]1[C@@H](/N=C(\Nc2ccc(C(=O)N(C)CCc3ccc(Cl)cc3Cl)cc2)N2CCN[C@@H](C)C2)C[C@H]2C[C@@H]1C2(C)C. The minimum atomic E-state index is -0.0145. The largest absolute Gasteiger partial charge is 0.341 e. The molecule has 1 amide bonds. The quantitative estimate of drug-likeness (QED) is 0.303. The van der Waals surface area contributed by atoms with Crippen LogP contribution < -0.4 is 10.6 Å². The highest BCUT2D eigenvalue weighted by atomic mass is 35.5. The van der Waals surface area contributed by atoms with E-state index in [1.165, 1.54) is 12.8 Å². The standard InChI is InChI=1S/C32H43Cl2N5O/c1-20-19-39(15-13-35-20)31(37-29-17-24-16-27(21(29)2)32(24,3)4)36-26-10-7-23(8-11-26)30(40)38(5)14-12-22-6-9-25(33)18-28(22)34/h6-11,18,20-21,24,27,29,35H,12-17,19H2,1-5H3,(H,36,37)/t20-,21-,24+,27-,29-/m0/s1. The van der Waals surface area contributed by atoms with Crippen LogP contribution in [0.5, 0.6) is 0 Å². The molecule has 1 saturated heterocycles. The van der Waals surface area contributed by atoms with Crippen molar-refractivity contribution in [1.29, 1.82) is 0 Å². The second kappa shape index (κ2) is 11.9. The van der Waals surface area contributed by atoms with Crippen molar-refractivity contribution in [3.05, 3.63) is 63.6 Å². The van der Waals surface area contributed by atoms with E-state index in [-0.39, 0.29) is 5.91 Å². The first-order valence-corrected chi connectivity index (χ1v) is 15.4. The number of aliphatic imine (C=N–C) groups is 1. The zero-order valence-corrected chi connectivity index (χ0v) is 25.9. The van der Waals surface area contributed by atoms with Crippen LogP contribution in [-0.4, -0.2) is 67.0 Å². The van der Waals surface area contributed by atoms with E-state index < -0.39 is 0 Å². The minimum absolute atomic E-state index is 0.0145. The van der Waals surface area contributed by atoms with Gasteiger partial charge in [-0.05, 0) is 91.3 Å². The molecule has 2 aromatic carbocycles. The Balaban J connectivity index is 1.26. The van der Waals surface area contributed by atoms with Crippen LogP contribution in [0.2, 0.25) is 10.0 Å². The number of hydrogen-bond donors (Lipinski definition) is 2. The number of nitrogens with zero attached hydrogens (tertiary/aromatic N) is 3. The van der Waals surface area contributed by atoms with Crippen LogP contribution in [0.1, 0.15) is 56.5 Å². The third-order valence-corrected chi connectivity index (χ3v) is 10.3. The van der Waals surface area contributed by atoms with Crippen LogP contribution >= 0.6 is 23.2 Å². The molecule has 3 saturated carbocycles. The van der Waals surface area contributed by atoms with Crippen molar-refractivity contribution >= 4 is 40.8 Å². The number of nitrogens with one attached hydrogen (secondary N) is 2. The molecule has 8 heteroatoms. The highest BCUT2D eigenvalue weighted by Crippen LogP contribution is 2.61. The summed E-state index contributed by atoms with van der Waals surface area (Å²) in [6, 6.07) is 14.0. The average Bonchev–Trinajstić information content (AvgIpc) is 2.92. The molecule has 2 aromatic rings. The van der Waals surface area contributed by atoms with Gasteiger partial charge in [0.15, 0.2) is 5.96 Å². The molecular formula is C32H43Cl2N5O. The van der Waals surface area contributed by atoms with Gasteiger partial charge in [0, 0.05) is 60.6 Å². The number of anilines is 1. The summed E-state index contributed by atoms with van der Waals surface area (Å²) in [6.45, 7) is 12.9. The van der Waals surface area contributed by atoms with Crippen molar-refractivity contribution in [1.82, 2.24) is 15.1 Å². The second-order valence-electron chi connectivity index (χ2n) is 12.7. The van der Waals surface area contributed by atoms with E-state index in [1.807, 2.05) is 43.4 Å². The van der Waals surface area contributed by atoms with Crippen LogP contribution in [0.15, 0.2) is 47.5 Å². The first-order chi connectivity index (χ1) is 19.0. The maximum atomic E-state index is 13.1. The Morgan fingerprint density at radius 1 is 1.15 bits per heavy atom. The van der Waals surface area contributed by atoms with Crippen molar-refractivity contribution in [3.63, 3.8) is 0 Å².